The van der Waals surface area contributed by atoms with Crippen LogP contribution in [-0.2, 0) is 7.05 Å². The number of hydrogen-bond donors (Lipinski definition) is 1. The van der Waals surface area contributed by atoms with E-state index in [1.54, 1.807) is 26.4 Å². The molecule has 2 aromatic rings. The number of likely N-dealkylation sites (N-methyl/N-ethyl adjacent to an activating group) is 1. The highest BCUT2D eigenvalue weighted by atomic mass is 16.5. The maximum atomic E-state index is 12.5. The van der Waals surface area contributed by atoms with Gasteiger partial charge in [-0.25, -0.2) is 0 Å². The number of carbonyl (C=O) groups is 1. The number of ether oxygens (including phenoxy) is 1. The van der Waals surface area contributed by atoms with E-state index in [2.05, 4.69) is 24.1 Å². The van der Waals surface area contributed by atoms with E-state index in [1.165, 1.54) is 10.6 Å². The Morgan fingerprint density at radius 3 is 2.58 bits per heavy atom. The summed E-state index contributed by atoms with van der Waals surface area (Å²) in [5.41, 5.74) is 1.25. The smallest absolute Gasteiger partial charge is 0.251 e. The molecule has 0 radical (unpaired) electrons. The molecule has 6 heteroatoms. The number of nitrogens with one attached hydrogen (secondary N) is 1. The first-order chi connectivity index (χ1) is 12.5. The number of methoxy groups -OCH3 is 1. The number of carbonyl (C=O) groups excluding carboxylic acids is 1. The molecule has 0 saturated carbocycles. The van der Waals surface area contributed by atoms with E-state index < -0.39 is 0 Å². The van der Waals surface area contributed by atoms with Crippen molar-refractivity contribution in [2.75, 3.05) is 26.7 Å². The zero-order valence-electron chi connectivity index (χ0n) is 15.9. The Morgan fingerprint density at radius 1 is 1.23 bits per heavy atom. The normalized spacial score (nSPS) is 12.0. The second-order valence-corrected chi connectivity index (χ2v) is 6.09. The minimum atomic E-state index is -0.247. The van der Waals surface area contributed by atoms with E-state index in [0.29, 0.717) is 12.1 Å². The summed E-state index contributed by atoms with van der Waals surface area (Å²) in [4.78, 5) is 26.5. The fourth-order valence-corrected chi connectivity index (χ4v) is 2.95. The van der Waals surface area contributed by atoms with Gasteiger partial charge in [0.15, 0.2) is 0 Å². The number of pyridine rings is 1. The van der Waals surface area contributed by atoms with E-state index in [9.17, 15) is 9.59 Å². The minimum Gasteiger partial charge on any atom is -0.497 e. The second kappa shape index (κ2) is 9.20. The molecule has 0 fully saturated rings. The highest BCUT2D eigenvalue weighted by molar-refractivity contribution is 5.94. The number of hydrogen-bond acceptors (Lipinski definition) is 4. The molecule has 2 rings (SSSR count). The highest BCUT2D eigenvalue weighted by Gasteiger charge is 2.20. The number of aromatic nitrogens is 1. The van der Waals surface area contributed by atoms with E-state index >= 15 is 0 Å². The van der Waals surface area contributed by atoms with Crippen LogP contribution in [0.25, 0.3) is 0 Å². The first kappa shape index (κ1) is 19.7. The average molecular weight is 357 g/mol. The van der Waals surface area contributed by atoms with Crippen LogP contribution in [0.3, 0.4) is 0 Å². The van der Waals surface area contributed by atoms with Crippen molar-refractivity contribution in [3.8, 4) is 5.75 Å². The summed E-state index contributed by atoms with van der Waals surface area (Å²) in [6, 6.07) is 10.9. The minimum absolute atomic E-state index is 0.0237. The van der Waals surface area contributed by atoms with Crippen LogP contribution in [0.2, 0.25) is 0 Å². The molecular weight excluding hydrogens is 330 g/mol. The van der Waals surface area contributed by atoms with Gasteiger partial charge < -0.3 is 14.6 Å². The number of amides is 1. The predicted octanol–water partition coefficient (Wildman–Crippen LogP) is 2.21. The van der Waals surface area contributed by atoms with Crippen LogP contribution in [0.1, 0.15) is 35.8 Å². The Labute approximate surface area is 154 Å². The fourth-order valence-electron chi connectivity index (χ4n) is 2.95. The molecule has 1 amide bonds. The van der Waals surface area contributed by atoms with Gasteiger partial charge in [0.1, 0.15) is 5.75 Å². The Kier molecular flexibility index (Phi) is 6.97. The topological polar surface area (TPSA) is 63.6 Å². The molecule has 140 valence electrons. The summed E-state index contributed by atoms with van der Waals surface area (Å²) in [6.45, 7) is 6.36. The lowest BCUT2D eigenvalue weighted by Gasteiger charge is -2.30. The lowest BCUT2D eigenvalue weighted by atomic mass is 10.0. The fraction of sp³-hybridized carbons (Fsp3) is 0.400. The van der Waals surface area contributed by atoms with Crippen LogP contribution in [0.5, 0.6) is 5.75 Å². The summed E-state index contributed by atoms with van der Waals surface area (Å²) < 4.78 is 6.76. The van der Waals surface area contributed by atoms with Crippen molar-refractivity contribution in [1.82, 2.24) is 14.8 Å². The van der Waals surface area contributed by atoms with Gasteiger partial charge in [-0.1, -0.05) is 26.0 Å². The Hall–Kier alpha value is -2.60. The van der Waals surface area contributed by atoms with E-state index in [1.807, 2.05) is 24.3 Å². The Morgan fingerprint density at radius 2 is 1.96 bits per heavy atom. The first-order valence-electron chi connectivity index (χ1n) is 8.83. The van der Waals surface area contributed by atoms with Crippen LogP contribution in [0.4, 0.5) is 0 Å². The Bertz CT molecular complexity index is 797. The summed E-state index contributed by atoms with van der Waals surface area (Å²) >= 11 is 0. The van der Waals surface area contributed by atoms with E-state index in [-0.39, 0.29) is 17.5 Å². The number of rotatable bonds is 8. The van der Waals surface area contributed by atoms with Gasteiger partial charge in [-0.15, -0.1) is 0 Å². The van der Waals surface area contributed by atoms with Crippen LogP contribution in [0.15, 0.2) is 47.4 Å². The van der Waals surface area contributed by atoms with Crippen molar-refractivity contribution >= 4 is 5.91 Å². The molecule has 0 aliphatic carbocycles. The average Bonchev–Trinajstić information content (AvgIpc) is 2.67. The molecule has 0 bridgehead atoms. The van der Waals surface area contributed by atoms with E-state index in [4.69, 9.17) is 4.74 Å². The van der Waals surface area contributed by atoms with Gasteiger partial charge >= 0.3 is 0 Å². The van der Waals surface area contributed by atoms with Gasteiger partial charge in [-0.05, 0) is 36.9 Å². The molecule has 0 spiro atoms. The molecule has 1 heterocycles. The Balaban J connectivity index is 2.19. The lowest BCUT2D eigenvalue weighted by Crippen LogP contribution is -2.38. The highest BCUT2D eigenvalue weighted by Crippen LogP contribution is 2.23. The van der Waals surface area contributed by atoms with Crippen molar-refractivity contribution < 1.29 is 9.53 Å². The van der Waals surface area contributed by atoms with Crippen LogP contribution in [0, 0.1) is 0 Å². The summed E-state index contributed by atoms with van der Waals surface area (Å²) in [7, 11) is 3.30. The molecule has 1 atom stereocenters. The molecule has 1 aromatic carbocycles. The van der Waals surface area contributed by atoms with Crippen LogP contribution < -0.4 is 15.6 Å². The number of benzene rings is 1. The van der Waals surface area contributed by atoms with Crippen LogP contribution in [-0.4, -0.2) is 42.1 Å². The van der Waals surface area contributed by atoms with Crippen LogP contribution >= 0.6 is 0 Å². The van der Waals surface area contributed by atoms with Crippen molar-refractivity contribution in [1.29, 1.82) is 0 Å². The quantitative estimate of drug-likeness (QED) is 0.787. The second-order valence-electron chi connectivity index (χ2n) is 6.09. The zero-order valence-corrected chi connectivity index (χ0v) is 15.9. The third kappa shape index (κ3) is 4.73. The molecule has 0 aliphatic rings. The summed E-state index contributed by atoms with van der Waals surface area (Å²) in [6.07, 6.45) is 1.60. The zero-order chi connectivity index (χ0) is 19.1. The molecule has 0 aliphatic heterocycles. The summed E-state index contributed by atoms with van der Waals surface area (Å²) in [5, 5.41) is 2.96. The van der Waals surface area contributed by atoms with Gasteiger partial charge in [-0.2, -0.15) is 0 Å². The van der Waals surface area contributed by atoms with Gasteiger partial charge in [0, 0.05) is 31.4 Å². The molecule has 1 aromatic heterocycles. The predicted molar refractivity (Wildman–Crippen MR) is 103 cm³/mol. The molecule has 1 N–H and O–H groups in total. The lowest BCUT2D eigenvalue weighted by molar-refractivity contribution is 0.0934. The van der Waals surface area contributed by atoms with Crippen molar-refractivity contribution in [3.05, 3.63) is 64.1 Å². The molecule has 6 nitrogen and oxygen atoms in total. The van der Waals surface area contributed by atoms with Crippen molar-refractivity contribution in [2.45, 2.75) is 19.9 Å². The van der Waals surface area contributed by atoms with Gasteiger partial charge in [-0.3, -0.25) is 14.5 Å². The standard InChI is InChI=1S/C20H27N3O3/c1-5-23(6-2)18(15-8-7-9-17(12-15)26-4)14-21-20(25)16-10-11-22(3)19(24)13-16/h7-13,18H,5-6,14H2,1-4H3,(H,21,25). The maximum absolute atomic E-state index is 12.5. The van der Waals surface area contributed by atoms with Gasteiger partial charge in [0.2, 0.25) is 0 Å². The van der Waals surface area contributed by atoms with Gasteiger partial charge in [0.25, 0.3) is 11.5 Å². The summed E-state index contributed by atoms with van der Waals surface area (Å²) in [5.74, 6) is 0.542. The molecule has 1 unspecified atom stereocenters. The SMILES string of the molecule is CCN(CC)C(CNC(=O)c1ccn(C)c(=O)c1)c1cccc(OC)c1. The largest absolute Gasteiger partial charge is 0.497 e. The first-order valence-corrected chi connectivity index (χ1v) is 8.83. The third-order valence-electron chi connectivity index (χ3n) is 4.55. The van der Waals surface area contributed by atoms with E-state index in [0.717, 1.165) is 24.4 Å². The van der Waals surface area contributed by atoms with Crippen molar-refractivity contribution in [3.63, 3.8) is 0 Å². The van der Waals surface area contributed by atoms with Gasteiger partial charge in [0.05, 0.1) is 13.2 Å². The maximum Gasteiger partial charge on any atom is 0.251 e. The molecule has 0 saturated heterocycles. The number of nitrogens with zero attached hydrogens (tertiary/aromatic N) is 2. The monoisotopic (exact) mass is 357 g/mol. The third-order valence-corrected chi connectivity index (χ3v) is 4.55. The number of aryl methyl sites for hydroxylation is 1. The molecule has 26 heavy (non-hydrogen) atoms. The molecular formula is C20H27N3O3. The van der Waals surface area contributed by atoms with Crippen molar-refractivity contribution in [2.24, 2.45) is 7.05 Å².